The molecule has 0 aromatic carbocycles. The molecule has 2 aliphatic rings. The minimum Gasteiger partial charge on any atom is -0.387 e. The number of aromatic nitrogens is 5. The van der Waals surface area contributed by atoms with Crippen molar-refractivity contribution >= 4 is 23.2 Å². The summed E-state index contributed by atoms with van der Waals surface area (Å²) in [4.78, 5) is 8.98. The molecule has 0 radical (unpaired) electrons. The average molecular weight is 390 g/mol. The number of dihydropyridines is 1. The molecule has 4 N–H and O–H groups in total. The highest BCUT2D eigenvalue weighted by Gasteiger charge is 2.25. The van der Waals surface area contributed by atoms with Gasteiger partial charge in [-0.3, -0.25) is 5.10 Å². The fourth-order valence-electron chi connectivity index (χ4n) is 3.19. The molecule has 0 unspecified atom stereocenters. The molecule has 5 rings (SSSR count). The number of hydrogen-bond donors (Lipinski definition) is 4. The molecule has 1 fully saturated rings. The third-order valence-corrected chi connectivity index (χ3v) is 4.82. The van der Waals surface area contributed by atoms with Crippen molar-refractivity contribution in [2.45, 2.75) is 32.2 Å². The Kier molecular flexibility index (Phi) is 4.47. The Hall–Kier alpha value is -3.62. The molecule has 0 atom stereocenters. The van der Waals surface area contributed by atoms with E-state index in [4.69, 9.17) is 4.52 Å². The van der Waals surface area contributed by atoms with Gasteiger partial charge >= 0.3 is 0 Å². The summed E-state index contributed by atoms with van der Waals surface area (Å²) in [6, 6.07) is 5.86. The Balaban J connectivity index is 1.24. The molecule has 1 aliphatic carbocycles. The molecule has 9 nitrogen and oxygen atoms in total. The van der Waals surface area contributed by atoms with E-state index in [2.05, 4.69) is 47.3 Å². The molecule has 4 heterocycles. The third-order valence-electron chi connectivity index (χ3n) is 4.82. The number of aryl methyl sites for hydroxylation is 1. The predicted octanol–water partition coefficient (Wildman–Crippen LogP) is 3.23. The van der Waals surface area contributed by atoms with Gasteiger partial charge in [0, 0.05) is 47.6 Å². The van der Waals surface area contributed by atoms with Crippen LogP contribution >= 0.6 is 0 Å². The van der Waals surface area contributed by atoms with Crippen LogP contribution in [0.3, 0.4) is 0 Å². The largest absolute Gasteiger partial charge is 0.387 e. The van der Waals surface area contributed by atoms with Crippen molar-refractivity contribution in [3.8, 4) is 0 Å². The molecule has 148 valence electrons. The van der Waals surface area contributed by atoms with Gasteiger partial charge in [0.25, 0.3) is 0 Å². The first-order valence-electron chi connectivity index (χ1n) is 9.71. The monoisotopic (exact) mass is 390 g/mol. The number of allylic oxidation sites excluding steroid dienone is 2. The molecule has 1 aliphatic heterocycles. The maximum absolute atomic E-state index is 5.43. The quantitative estimate of drug-likeness (QED) is 0.486. The fraction of sp³-hybridized carbons (Fsp3) is 0.300. The maximum Gasteiger partial charge on any atom is 0.225 e. The molecule has 0 spiro atoms. The van der Waals surface area contributed by atoms with E-state index in [0.717, 1.165) is 29.3 Å². The predicted molar refractivity (Wildman–Crippen MR) is 110 cm³/mol. The summed E-state index contributed by atoms with van der Waals surface area (Å²) in [6.45, 7) is 3.16. The zero-order chi connectivity index (χ0) is 19.6. The van der Waals surface area contributed by atoms with Gasteiger partial charge in [-0.2, -0.15) is 10.1 Å². The van der Waals surface area contributed by atoms with Crippen molar-refractivity contribution in [2.75, 3.05) is 17.2 Å². The van der Waals surface area contributed by atoms with Crippen molar-refractivity contribution in [1.29, 1.82) is 0 Å². The van der Waals surface area contributed by atoms with Crippen molar-refractivity contribution in [2.24, 2.45) is 0 Å². The first kappa shape index (κ1) is 17.5. The maximum atomic E-state index is 5.43. The van der Waals surface area contributed by atoms with Crippen LogP contribution in [0.15, 0.2) is 41.1 Å². The van der Waals surface area contributed by atoms with Gasteiger partial charge < -0.3 is 20.5 Å². The molecule has 0 bridgehead atoms. The molecule has 9 heteroatoms. The first-order valence-corrected chi connectivity index (χ1v) is 9.71. The van der Waals surface area contributed by atoms with Gasteiger partial charge in [0.1, 0.15) is 11.5 Å². The molecule has 1 saturated carbocycles. The van der Waals surface area contributed by atoms with Crippen LogP contribution in [0.5, 0.6) is 0 Å². The summed E-state index contributed by atoms with van der Waals surface area (Å²) in [5.41, 5.74) is 3.89. The highest BCUT2D eigenvalue weighted by atomic mass is 16.5. The number of anilines is 3. The molecular weight excluding hydrogens is 368 g/mol. The van der Waals surface area contributed by atoms with E-state index in [1.54, 1.807) is 0 Å². The lowest BCUT2D eigenvalue weighted by atomic mass is 10.1. The number of nitrogens with zero attached hydrogens (tertiary/aromatic N) is 4. The van der Waals surface area contributed by atoms with Crippen LogP contribution in [0.2, 0.25) is 0 Å². The lowest BCUT2D eigenvalue weighted by molar-refractivity contribution is 0.386. The normalized spacial score (nSPS) is 15.7. The van der Waals surface area contributed by atoms with Crippen LogP contribution in [-0.4, -0.2) is 31.9 Å². The van der Waals surface area contributed by atoms with E-state index in [1.165, 1.54) is 18.5 Å². The van der Waals surface area contributed by atoms with Crippen LogP contribution in [0, 0.1) is 6.92 Å². The van der Waals surface area contributed by atoms with Gasteiger partial charge in [0.05, 0.1) is 6.54 Å². The highest BCUT2D eigenvalue weighted by molar-refractivity contribution is 5.72. The lowest BCUT2D eigenvalue weighted by Gasteiger charge is -2.07. The lowest BCUT2D eigenvalue weighted by Crippen LogP contribution is -2.08. The van der Waals surface area contributed by atoms with E-state index in [1.807, 2.05) is 37.4 Å². The van der Waals surface area contributed by atoms with E-state index in [-0.39, 0.29) is 0 Å². The van der Waals surface area contributed by atoms with Gasteiger partial charge in [-0.1, -0.05) is 11.2 Å². The van der Waals surface area contributed by atoms with E-state index in [0.29, 0.717) is 30.0 Å². The SMILES string of the molecule is Cc1cc(Nc2cc(C3CC3)[nH]n2)nc(NCc2cc(C3=CCNC=C3)no2)n1. The average Bonchev–Trinajstić information content (AvgIpc) is 3.29. The Bertz CT molecular complexity index is 1080. The molecule has 0 amide bonds. The molecule has 3 aromatic heterocycles. The minimum atomic E-state index is 0.444. The number of aromatic amines is 1. The van der Waals surface area contributed by atoms with Gasteiger partial charge in [0.2, 0.25) is 5.95 Å². The van der Waals surface area contributed by atoms with Gasteiger partial charge in [-0.05, 0) is 32.0 Å². The van der Waals surface area contributed by atoms with E-state index in [9.17, 15) is 0 Å². The molecule has 3 aromatic rings. The Morgan fingerprint density at radius 1 is 1.17 bits per heavy atom. The minimum absolute atomic E-state index is 0.444. The number of H-pyrrole nitrogens is 1. The Morgan fingerprint density at radius 2 is 2.10 bits per heavy atom. The van der Waals surface area contributed by atoms with E-state index >= 15 is 0 Å². The van der Waals surface area contributed by atoms with Gasteiger partial charge in [-0.15, -0.1) is 0 Å². The smallest absolute Gasteiger partial charge is 0.225 e. The van der Waals surface area contributed by atoms with Crippen LogP contribution in [0.4, 0.5) is 17.6 Å². The number of rotatable bonds is 7. The van der Waals surface area contributed by atoms with Crippen molar-refractivity contribution < 1.29 is 4.52 Å². The number of nitrogens with one attached hydrogen (secondary N) is 4. The summed E-state index contributed by atoms with van der Waals surface area (Å²) in [5.74, 6) is 3.32. The summed E-state index contributed by atoms with van der Waals surface area (Å²) in [5, 5.41) is 21.1. The summed E-state index contributed by atoms with van der Waals surface area (Å²) < 4.78 is 5.43. The van der Waals surface area contributed by atoms with Crippen molar-refractivity contribution in [3.63, 3.8) is 0 Å². The van der Waals surface area contributed by atoms with E-state index < -0.39 is 0 Å². The van der Waals surface area contributed by atoms with Gasteiger partial charge in [0.15, 0.2) is 11.6 Å². The molecular formula is C20H22N8O. The summed E-state index contributed by atoms with van der Waals surface area (Å²) in [6.07, 6.45) is 8.42. The standard InChI is InChI=1S/C20H22N8O/c1-12-8-18(24-19-10-16(26-27-19)13-2-3-13)25-20(23-12)22-11-15-9-17(28-29-15)14-4-6-21-7-5-14/h4-6,8-10,13,21H,2-3,7,11H2,1H3,(H3,22,23,24,25,26,27). The van der Waals surface area contributed by atoms with Crippen LogP contribution < -0.4 is 16.0 Å². The topological polar surface area (TPSA) is 117 Å². The molecule has 29 heavy (non-hydrogen) atoms. The highest BCUT2D eigenvalue weighted by Crippen LogP contribution is 2.39. The van der Waals surface area contributed by atoms with Crippen molar-refractivity contribution in [3.05, 3.63) is 59.4 Å². The van der Waals surface area contributed by atoms with Gasteiger partial charge in [-0.25, -0.2) is 4.98 Å². The second kappa shape index (κ2) is 7.42. The summed E-state index contributed by atoms with van der Waals surface area (Å²) >= 11 is 0. The van der Waals surface area contributed by atoms with Crippen LogP contribution in [0.25, 0.3) is 5.57 Å². The number of hydrogen-bond acceptors (Lipinski definition) is 8. The second-order valence-electron chi connectivity index (χ2n) is 7.26. The Morgan fingerprint density at radius 3 is 2.93 bits per heavy atom. The zero-order valence-electron chi connectivity index (χ0n) is 16.1. The van der Waals surface area contributed by atoms with Crippen LogP contribution in [0.1, 0.15) is 41.6 Å². The first-order chi connectivity index (χ1) is 14.2. The Labute approximate surface area is 167 Å². The third kappa shape index (κ3) is 4.13. The zero-order valence-corrected chi connectivity index (χ0v) is 16.1. The summed E-state index contributed by atoms with van der Waals surface area (Å²) in [7, 11) is 0. The van der Waals surface area contributed by atoms with Crippen molar-refractivity contribution in [1.82, 2.24) is 30.6 Å². The van der Waals surface area contributed by atoms with Crippen LogP contribution in [-0.2, 0) is 6.54 Å². The fourth-order valence-corrected chi connectivity index (χ4v) is 3.19. The molecule has 0 saturated heterocycles. The second-order valence-corrected chi connectivity index (χ2v) is 7.26.